The Kier molecular flexibility index (Phi) is 4.45. The molecule has 86 valence electrons. The molecular weight excluding hydrogens is 203 g/mol. The third-order valence-electron chi connectivity index (χ3n) is 2.84. The Morgan fingerprint density at radius 2 is 2.00 bits per heavy atom. The van der Waals surface area contributed by atoms with Gasteiger partial charge in [0.1, 0.15) is 11.9 Å². The zero-order chi connectivity index (χ0) is 12.1. The van der Waals surface area contributed by atoms with E-state index in [1.165, 1.54) is 12.1 Å². The van der Waals surface area contributed by atoms with E-state index in [2.05, 4.69) is 6.07 Å². The van der Waals surface area contributed by atoms with E-state index >= 15 is 0 Å². The van der Waals surface area contributed by atoms with Crippen molar-refractivity contribution < 1.29 is 4.39 Å². The minimum atomic E-state index is -0.356. The predicted molar refractivity (Wildman–Crippen MR) is 62.4 cm³/mol. The number of aryl methyl sites for hydroxylation is 1. The highest BCUT2D eigenvalue weighted by molar-refractivity contribution is 5.33. The van der Waals surface area contributed by atoms with Gasteiger partial charge in [-0.25, -0.2) is 4.39 Å². The molecule has 0 spiro atoms. The third-order valence-corrected chi connectivity index (χ3v) is 2.84. The van der Waals surface area contributed by atoms with E-state index in [9.17, 15) is 9.65 Å². The first kappa shape index (κ1) is 12.7. The molecule has 3 heteroatoms. The molecule has 16 heavy (non-hydrogen) atoms. The number of rotatable bonds is 4. The lowest BCUT2D eigenvalue weighted by Gasteiger charge is -2.25. The van der Waals surface area contributed by atoms with Crippen LogP contribution in [-0.2, 0) is 0 Å². The van der Waals surface area contributed by atoms with E-state index in [1.807, 2.05) is 25.7 Å². The first-order valence-corrected chi connectivity index (χ1v) is 5.53. The summed E-state index contributed by atoms with van der Waals surface area (Å²) in [6.07, 6.45) is 0. The monoisotopic (exact) mass is 220 g/mol. The summed E-state index contributed by atoms with van der Waals surface area (Å²) in [6, 6.07) is 6.50. The van der Waals surface area contributed by atoms with Crippen molar-refractivity contribution in [3.05, 3.63) is 35.1 Å². The van der Waals surface area contributed by atoms with E-state index in [1.54, 1.807) is 6.07 Å². The Morgan fingerprint density at radius 1 is 1.38 bits per heavy atom. The fourth-order valence-corrected chi connectivity index (χ4v) is 1.84. The lowest BCUT2D eigenvalue weighted by Crippen LogP contribution is -2.28. The average Bonchev–Trinajstić information content (AvgIpc) is 2.29. The molecule has 1 aromatic carbocycles. The van der Waals surface area contributed by atoms with Crippen LogP contribution in [0.4, 0.5) is 4.39 Å². The Labute approximate surface area is 96.3 Å². The highest BCUT2D eigenvalue weighted by Crippen LogP contribution is 2.23. The van der Waals surface area contributed by atoms with Gasteiger partial charge in [-0.15, -0.1) is 0 Å². The Hall–Kier alpha value is -1.40. The number of hydrogen-bond acceptors (Lipinski definition) is 2. The number of hydrogen-bond donors (Lipinski definition) is 0. The van der Waals surface area contributed by atoms with Crippen LogP contribution in [0.1, 0.15) is 31.0 Å². The van der Waals surface area contributed by atoms with Crippen LogP contribution in [0.2, 0.25) is 0 Å². The van der Waals surface area contributed by atoms with Gasteiger partial charge in [0, 0.05) is 0 Å². The van der Waals surface area contributed by atoms with Crippen LogP contribution < -0.4 is 0 Å². The molecule has 0 bridgehead atoms. The number of nitriles is 1. The molecule has 1 unspecified atom stereocenters. The van der Waals surface area contributed by atoms with Crippen LogP contribution in [0.5, 0.6) is 0 Å². The molecule has 0 aliphatic carbocycles. The van der Waals surface area contributed by atoms with Gasteiger partial charge in [0.25, 0.3) is 0 Å². The largest absolute Gasteiger partial charge is 0.285 e. The summed E-state index contributed by atoms with van der Waals surface area (Å²) in [4.78, 5) is 2.02. The van der Waals surface area contributed by atoms with Gasteiger partial charge in [0.2, 0.25) is 0 Å². The van der Waals surface area contributed by atoms with Crippen molar-refractivity contribution in [3.63, 3.8) is 0 Å². The molecule has 1 aromatic rings. The lowest BCUT2D eigenvalue weighted by atomic mass is 10.0. The highest BCUT2D eigenvalue weighted by atomic mass is 19.1. The molecule has 0 N–H and O–H groups in total. The summed E-state index contributed by atoms with van der Waals surface area (Å²) in [7, 11) is 0. The van der Waals surface area contributed by atoms with Crippen LogP contribution in [0, 0.1) is 24.1 Å². The standard InChI is InChI=1S/C13H17FN2/c1-4-16(5-2)13(9-15)12-8-11(14)7-6-10(12)3/h6-8,13H,4-5H2,1-3H3. The fraction of sp³-hybridized carbons (Fsp3) is 0.462. The molecule has 1 rings (SSSR count). The van der Waals surface area contributed by atoms with Crippen LogP contribution >= 0.6 is 0 Å². The average molecular weight is 220 g/mol. The molecule has 0 aliphatic heterocycles. The molecule has 0 saturated heterocycles. The van der Waals surface area contributed by atoms with Crippen molar-refractivity contribution in [3.8, 4) is 6.07 Å². The van der Waals surface area contributed by atoms with Crippen molar-refractivity contribution >= 4 is 0 Å². The molecule has 0 aliphatic rings. The van der Waals surface area contributed by atoms with Crippen molar-refractivity contribution in [1.82, 2.24) is 4.90 Å². The second kappa shape index (κ2) is 5.62. The summed E-state index contributed by atoms with van der Waals surface area (Å²) >= 11 is 0. The van der Waals surface area contributed by atoms with Gasteiger partial charge < -0.3 is 0 Å². The van der Waals surface area contributed by atoms with Gasteiger partial charge in [0.05, 0.1) is 6.07 Å². The second-order valence-corrected chi connectivity index (χ2v) is 3.75. The summed E-state index contributed by atoms with van der Waals surface area (Å²) in [6.45, 7) is 7.48. The smallest absolute Gasteiger partial charge is 0.124 e. The molecular formula is C13H17FN2. The van der Waals surface area contributed by atoms with E-state index in [0.717, 1.165) is 24.2 Å². The molecule has 0 heterocycles. The molecule has 0 amide bonds. The normalized spacial score (nSPS) is 12.5. The maximum atomic E-state index is 13.2. The molecule has 0 aromatic heterocycles. The topological polar surface area (TPSA) is 27.0 Å². The van der Waals surface area contributed by atoms with Crippen LogP contribution in [0.25, 0.3) is 0 Å². The summed E-state index contributed by atoms with van der Waals surface area (Å²) in [5, 5.41) is 9.21. The van der Waals surface area contributed by atoms with Crippen molar-refractivity contribution in [2.75, 3.05) is 13.1 Å². The van der Waals surface area contributed by atoms with Gasteiger partial charge in [-0.3, -0.25) is 4.90 Å². The van der Waals surface area contributed by atoms with Crippen molar-refractivity contribution in [2.45, 2.75) is 26.8 Å². The van der Waals surface area contributed by atoms with Gasteiger partial charge in [0.15, 0.2) is 0 Å². The van der Waals surface area contributed by atoms with Crippen LogP contribution in [-0.4, -0.2) is 18.0 Å². The Balaban J connectivity index is 3.13. The number of halogens is 1. The highest BCUT2D eigenvalue weighted by Gasteiger charge is 2.19. The zero-order valence-corrected chi connectivity index (χ0v) is 10.00. The van der Waals surface area contributed by atoms with Crippen molar-refractivity contribution in [1.29, 1.82) is 5.26 Å². The summed E-state index contributed by atoms with van der Waals surface area (Å²) in [5.41, 5.74) is 1.73. The minimum absolute atomic E-state index is 0.284. The molecule has 2 nitrogen and oxygen atoms in total. The summed E-state index contributed by atoms with van der Waals surface area (Å²) < 4.78 is 13.2. The molecule has 0 radical (unpaired) electrons. The van der Waals surface area contributed by atoms with Crippen molar-refractivity contribution in [2.24, 2.45) is 0 Å². The van der Waals surface area contributed by atoms with E-state index in [-0.39, 0.29) is 11.9 Å². The zero-order valence-electron chi connectivity index (χ0n) is 10.00. The quantitative estimate of drug-likeness (QED) is 0.779. The first-order chi connectivity index (χ1) is 7.63. The minimum Gasteiger partial charge on any atom is -0.285 e. The number of nitrogens with zero attached hydrogens (tertiary/aromatic N) is 2. The Bertz CT molecular complexity index is 391. The van der Waals surface area contributed by atoms with E-state index in [4.69, 9.17) is 0 Å². The molecule has 0 fully saturated rings. The van der Waals surface area contributed by atoms with E-state index in [0.29, 0.717) is 0 Å². The third kappa shape index (κ3) is 2.59. The van der Waals surface area contributed by atoms with Gasteiger partial charge in [-0.1, -0.05) is 19.9 Å². The molecule has 0 saturated carbocycles. The lowest BCUT2D eigenvalue weighted by molar-refractivity contribution is 0.261. The van der Waals surface area contributed by atoms with Crippen LogP contribution in [0.15, 0.2) is 18.2 Å². The van der Waals surface area contributed by atoms with Gasteiger partial charge in [-0.05, 0) is 43.3 Å². The fourth-order valence-electron chi connectivity index (χ4n) is 1.84. The second-order valence-electron chi connectivity index (χ2n) is 3.75. The first-order valence-electron chi connectivity index (χ1n) is 5.53. The predicted octanol–water partition coefficient (Wildman–Crippen LogP) is 3.04. The molecule has 1 atom stereocenters. The summed E-state index contributed by atoms with van der Waals surface area (Å²) in [5.74, 6) is -0.284. The van der Waals surface area contributed by atoms with E-state index < -0.39 is 0 Å². The van der Waals surface area contributed by atoms with Crippen LogP contribution in [0.3, 0.4) is 0 Å². The Morgan fingerprint density at radius 3 is 2.50 bits per heavy atom. The van der Waals surface area contributed by atoms with Gasteiger partial charge in [-0.2, -0.15) is 5.26 Å². The number of benzene rings is 1. The maximum absolute atomic E-state index is 13.2. The van der Waals surface area contributed by atoms with Gasteiger partial charge >= 0.3 is 0 Å². The SMILES string of the molecule is CCN(CC)C(C#N)c1cc(F)ccc1C. The maximum Gasteiger partial charge on any atom is 0.124 e.